The summed E-state index contributed by atoms with van der Waals surface area (Å²) in [6.07, 6.45) is 3.38. The number of hydrogen-bond acceptors (Lipinski definition) is 4. The molecule has 9 heteroatoms. The molecule has 0 aliphatic carbocycles. The largest absolute Gasteiger partial charge is 0.412 e. The third-order valence-corrected chi connectivity index (χ3v) is 8.00. The highest BCUT2D eigenvalue weighted by Gasteiger charge is 2.22. The van der Waals surface area contributed by atoms with Crippen molar-refractivity contribution in [1.82, 2.24) is 9.29 Å². The number of rotatable bonds is 7. The Morgan fingerprint density at radius 3 is 2.46 bits per heavy atom. The summed E-state index contributed by atoms with van der Waals surface area (Å²) in [4.78, 5) is 31.0. The Kier molecular flexibility index (Phi) is 8.82. The fourth-order valence-electron chi connectivity index (χ4n) is 4.52. The van der Waals surface area contributed by atoms with Crippen LogP contribution in [-0.4, -0.2) is 51.1 Å². The molecule has 1 saturated heterocycles. The second-order valence-corrected chi connectivity index (χ2v) is 10.1. The first-order valence-corrected chi connectivity index (χ1v) is 13.0. The maximum atomic E-state index is 13.5. The van der Waals surface area contributed by atoms with Crippen LogP contribution in [-0.2, 0) is 11.0 Å². The van der Waals surface area contributed by atoms with Gasteiger partial charge in [0.15, 0.2) is 0 Å². The lowest BCUT2D eigenvalue weighted by molar-refractivity contribution is 0.102. The lowest BCUT2D eigenvalue weighted by atomic mass is 10.1. The topological polar surface area (TPSA) is 117 Å². The molecule has 1 aliphatic heterocycles. The number of nitrogens with one attached hydrogen (secondary N) is 2. The number of benzene rings is 2. The zero-order valence-electron chi connectivity index (χ0n) is 20.5. The third-order valence-electron chi connectivity index (χ3n) is 6.36. The molecule has 1 unspecified atom stereocenters. The number of aryl methyl sites for hydroxylation is 1. The molecule has 188 valence electrons. The molecule has 1 aliphatic rings. The first-order chi connectivity index (χ1) is 16.4. The first-order valence-electron chi connectivity index (χ1n) is 11.9. The van der Waals surface area contributed by atoms with Gasteiger partial charge >= 0.3 is 0 Å². The number of carbonyl (C=O) groups is 1. The smallest absolute Gasteiger partial charge is 0.257 e. The molecular weight excluding hydrogens is 464 g/mol. The van der Waals surface area contributed by atoms with Crippen LogP contribution in [0.15, 0.2) is 52.2 Å². The van der Waals surface area contributed by atoms with Crippen LogP contribution in [0, 0.1) is 6.92 Å². The highest BCUT2D eigenvalue weighted by atomic mass is 32.2. The van der Waals surface area contributed by atoms with E-state index in [4.69, 9.17) is 0 Å². The van der Waals surface area contributed by atoms with Crippen molar-refractivity contribution in [3.05, 3.63) is 63.9 Å². The van der Waals surface area contributed by atoms with Crippen molar-refractivity contribution in [3.63, 3.8) is 0 Å². The van der Waals surface area contributed by atoms with Gasteiger partial charge in [-0.1, -0.05) is 13.8 Å². The van der Waals surface area contributed by atoms with E-state index in [1.165, 1.54) is 6.42 Å². The zero-order valence-corrected chi connectivity index (χ0v) is 21.3. The van der Waals surface area contributed by atoms with Crippen LogP contribution in [0.5, 0.6) is 0 Å². The fourth-order valence-corrected chi connectivity index (χ4v) is 5.69. The number of amides is 1. The maximum Gasteiger partial charge on any atom is 0.257 e. The predicted molar refractivity (Wildman–Crippen MR) is 143 cm³/mol. The van der Waals surface area contributed by atoms with Gasteiger partial charge in [0.1, 0.15) is 11.0 Å². The molecule has 2 aromatic carbocycles. The molecule has 0 bridgehead atoms. The van der Waals surface area contributed by atoms with Gasteiger partial charge < -0.3 is 20.7 Å². The SMILES string of the molecule is CCN(CC)S(=O)c1ccc(N2CCCCC2)c(C(=O)Nc2ccc3[nH]c(=O)cc(C)c3c2)c1.O. The Balaban J connectivity index is 0.00000342. The van der Waals surface area contributed by atoms with Crippen molar-refractivity contribution < 1.29 is 14.5 Å². The van der Waals surface area contributed by atoms with Crippen molar-refractivity contribution in [2.75, 3.05) is 36.4 Å². The number of carbonyl (C=O) groups excluding carboxylic acids is 1. The van der Waals surface area contributed by atoms with Gasteiger partial charge in [0.2, 0.25) is 5.56 Å². The maximum absolute atomic E-state index is 13.5. The van der Waals surface area contributed by atoms with Crippen LogP contribution < -0.4 is 15.8 Å². The van der Waals surface area contributed by atoms with Crippen LogP contribution in [0.25, 0.3) is 10.9 Å². The standard InChI is InChI=1S/C26H32N4O3S.H2O/c1-4-30(5-2)34(33)20-10-12-24(29-13-7-6-8-14-29)22(17-20)26(32)27-19-9-11-23-21(16-19)18(3)15-25(31)28-23;/h9-12,15-17H,4-8,13-14H2,1-3H3,(H,27,32)(H,28,31);1H2. The molecule has 8 nitrogen and oxygen atoms in total. The van der Waals surface area contributed by atoms with Crippen molar-refractivity contribution in [2.24, 2.45) is 0 Å². The van der Waals surface area contributed by atoms with Crippen LogP contribution in [0.3, 0.4) is 0 Å². The van der Waals surface area contributed by atoms with E-state index in [0.29, 0.717) is 29.2 Å². The Labute approximate surface area is 208 Å². The number of aromatic amines is 1. The number of H-pyrrole nitrogens is 1. The first kappa shape index (κ1) is 26.6. The minimum Gasteiger partial charge on any atom is -0.412 e. The number of anilines is 2. The molecule has 1 fully saturated rings. The van der Waals surface area contributed by atoms with Gasteiger partial charge in [0.25, 0.3) is 5.91 Å². The van der Waals surface area contributed by atoms with Gasteiger partial charge in [-0.25, -0.2) is 8.51 Å². The summed E-state index contributed by atoms with van der Waals surface area (Å²) < 4.78 is 15.0. The van der Waals surface area contributed by atoms with Crippen LogP contribution >= 0.6 is 0 Å². The summed E-state index contributed by atoms with van der Waals surface area (Å²) in [6, 6.07) is 12.6. The van der Waals surface area contributed by atoms with Crippen LogP contribution in [0.4, 0.5) is 11.4 Å². The lowest BCUT2D eigenvalue weighted by Crippen LogP contribution is -2.32. The van der Waals surface area contributed by atoms with Gasteiger partial charge in [-0.3, -0.25) is 9.59 Å². The number of pyridine rings is 1. The number of aromatic nitrogens is 1. The molecular formula is C26H34N4O4S. The van der Waals surface area contributed by atoms with Gasteiger partial charge in [-0.05, 0) is 68.1 Å². The van der Waals surface area contributed by atoms with Gasteiger partial charge in [-0.2, -0.15) is 0 Å². The average molecular weight is 499 g/mol. The molecule has 1 aromatic heterocycles. The zero-order chi connectivity index (χ0) is 24.2. The number of fused-ring (bicyclic) bond motifs is 1. The summed E-state index contributed by atoms with van der Waals surface area (Å²) in [6.45, 7) is 8.97. The molecule has 35 heavy (non-hydrogen) atoms. The predicted octanol–water partition coefficient (Wildman–Crippen LogP) is 3.62. The van der Waals surface area contributed by atoms with E-state index in [-0.39, 0.29) is 16.9 Å². The molecule has 0 saturated carbocycles. The van der Waals surface area contributed by atoms with Gasteiger partial charge in [0, 0.05) is 54.5 Å². The number of nitrogens with zero attached hydrogens (tertiary/aromatic N) is 2. The fraction of sp³-hybridized carbons (Fsp3) is 0.385. The van der Waals surface area contributed by atoms with E-state index < -0.39 is 11.0 Å². The van der Waals surface area contributed by atoms with E-state index in [0.717, 1.165) is 48.1 Å². The van der Waals surface area contributed by atoms with E-state index in [1.807, 2.05) is 43.3 Å². The van der Waals surface area contributed by atoms with Crippen molar-refractivity contribution in [1.29, 1.82) is 0 Å². The van der Waals surface area contributed by atoms with Crippen molar-refractivity contribution in [2.45, 2.75) is 44.9 Å². The second kappa shape index (κ2) is 11.6. The summed E-state index contributed by atoms with van der Waals surface area (Å²) in [5.41, 5.74) is 3.48. The molecule has 1 atom stereocenters. The Morgan fingerprint density at radius 1 is 1.06 bits per heavy atom. The van der Waals surface area contributed by atoms with Crippen LogP contribution in [0.2, 0.25) is 0 Å². The Morgan fingerprint density at radius 2 is 1.77 bits per heavy atom. The minimum atomic E-state index is -1.33. The molecule has 0 radical (unpaired) electrons. The van der Waals surface area contributed by atoms with Gasteiger partial charge in [0.05, 0.1) is 10.5 Å². The van der Waals surface area contributed by atoms with Crippen LogP contribution in [0.1, 0.15) is 49.0 Å². The highest BCUT2D eigenvalue weighted by molar-refractivity contribution is 7.82. The molecule has 0 spiro atoms. The second-order valence-electron chi connectivity index (χ2n) is 8.62. The van der Waals surface area contributed by atoms with Gasteiger partial charge in [-0.15, -0.1) is 0 Å². The summed E-state index contributed by atoms with van der Waals surface area (Å²) in [7, 11) is -1.33. The minimum absolute atomic E-state index is 0. The monoisotopic (exact) mass is 498 g/mol. The molecule has 4 N–H and O–H groups in total. The normalized spacial score (nSPS) is 14.6. The molecule has 3 aromatic rings. The average Bonchev–Trinajstić information content (AvgIpc) is 2.85. The van der Waals surface area contributed by atoms with Crippen molar-refractivity contribution in [3.8, 4) is 0 Å². The van der Waals surface area contributed by atoms with E-state index in [1.54, 1.807) is 24.3 Å². The summed E-state index contributed by atoms with van der Waals surface area (Å²) in [5.74, 6) is -0.236. The lowest BCUT2D eigenvalue weighted by Gasteiger charge is -2.30. The Bertz CT molecular complexity index is 1280. The number of piperidine rings is 1. The Hall–Kier alpha value is -3.01. The quantitative estimate of drug-likeness (QED) is 0.517. The van der Waals surface area contributed by atoms with Crippen molar-refractivity contribution >= 4 is 39.2 Å². The third kappa shape index (κ3) is 5.80. The summed E-state index contributed by atoms with van der Waals surface area (Å²) >= 11 is 0. The summed E-state index contributed by atoms with van der Waals surface area (Å²) in [5, 5.41) is 3.90. The van der Waals surface area contributed by atoms with E-state index in [2.05, 4.69) is 15.2 Å². The molecule has 2 heterocycles. The van der Waals surface area contributed by atoms with E-state index >= 15 is 0 Å². The molecule has 1 amide bonds. The highest BCUT2D eigenvalue weighted by Crippen LogP contribution is 2.29. The number of hydrogen-bond donors (Lipinski definition) is 2. The van der Waals surface area contributed by atoms with E-state index in [9.17, 15) is 13.8 Å². The molecule has 4 rings (SSSR count).